The molecule has 4 rings (SSSR count). The molecule has 0 spiro atoms. The highest BCUT2D eigenvalue weighted by molar-refractivity contribution is 7.92. The fourth-order valence-corrected chi connectivity index (χ4v) is 7.28. The number of morpholine rings is 1. The summed E-state index contributed by atoms with van der Waals surface area (Å²) in [7, 11) is -7.53. The van der Waals surface area contributed by atoms with Crippen LogP contribution < -0.4 is 14.5 Å². The first-order valence-corrected chi connectivity index (χ1v) is 16.5. The molecule has 0 saturated carbocycles. The molecule has 2 fully saturated rings. The fourth-order valence-electron chi connectivity index (χ4n) is 5.02. The van der Waals surface area contributed by atoms with Gasteiger partial charge < -0.3 is 15.0 Å². The number of ether oxygens (including phenoxy) is 1. The molecular formula is C27H38N4O6S2. The van der Waals surface area contributed by atoms with Gasteiger partial charge in [0.05, 0.1) is 36.1 Å². The minimum absolute atomic E-state index is 0.0575. The first kappa shape index (κ1) is 29.3. The molecular weight excluding hydrogens is 540 g/mol. The van der Waals surface area contributed by atoms with Gasteiger partial charge in [0.2, 0.25) is 26.0 Å². The van der Waals surface area contributed by atoms with Crippen LogP contribution in [0.1, 0.15) is 38.3 Å². The van der Waals surface area contributed by atoms with E-state index in [-0.39, 0.29) is 29.7 Å². The molecule has 2 aromatic carbocycles. The number of hydrogen-bond acceptors (Lipinski definition) is 7. The number of piperidine rings is 1. The molecule has 214 valence electrons. The first-order chi connectivity index (χ1) is 18.4. The van der Waals surface area contributed by atoms with Gasteiger partial charge in [-0.2, -0.15) is 4.31 Å². The Bertz CT molecular complexity index is 1340. The van der Waals surface area contributed by atoms with Crippen molar-refractivity contribution in [3.63, 3.8) is 0 Å². The standard InChI is InChI=1S/C27H38N4O6S2/c1-21-5-4-14-29(19-21)24-8-6-23(7-9-24)22(2)28-27(32)20-31(38(3,33)34)25-10-12-26(13-11-25)39(35,36)30-15-17-37-18-16-30/h6-13,21-22H,4-5,14-20H2,1-3H3,(H,28,32). The number of carbonyl (C=O) groups excluding carboxylic acids is 1. The molecule has 12 heteroatoms. The van der Waals surface area contributed by atoms with E-state index in [0.29, 0.717) is 19.1 Å². The number of hydrogen-bond donors (Lipinski definition) is 1. The van der Waals surface area contributed by atoms with Crippen molar-refractivity contribution >= 4 is 37.3 Å². The third-order valence-corrected chi connectivity index (χ3v) is 10.3. The Morgan fingerprint density at radius 2 is 1.67 bits per heavy atom. The second-order valence-corrected chi connectivity index (χ2v) is 14.2. The van der Waals surface area contributed by atoms with E-state index in [1.54, 1.807) is 0 Å². The zero-order chi connectivity index (χ0) is 28.2. The highest BCUT2D eigenvalue weighted by Gasteiger charge is 2.28. The summed E-state index contributed by atoms with van der Waals surface area (Å²) in [6.45, 7) is 6.94. The van der Waals surface area contributed by atoms with Crippen LogP contribution >= 0.6 is 0 Å². The first-order valence-electron chi connectivity index (χ1n) is 13.2. The van der Waals surface area contributed by atoms with Crippen LogP contribution in [0.2, 0.25) is 0 Å². The van der Waals surface area contributed by atoms with Crippen LogP contribution in [-0.4, -0.2) is 79.2 Å². The molecule has 0 aromatic heterocycles. The normalized spacial score (nSPS) is 19.9. The molecule has 1 amide bonds. The van der Waals surface area contributed by atoms with Gasteiger partial charge in [-0.05, 0) is 67.6 Å². The smallest absolute Gasteiger partial charge is 0.243 e. The van der Waals surface area contributed by atoms with Crippen molar-refractivity contribution < 1.29 is 26.4 Å². The van der Waals surface area contributed by atoms with E-state index >= 15 is 0 Å². The summed E-state index contributed by atoms with van der Waals surface area (Å²) in [5, 5.41) is 2.88. The molecule has 39 heavy (non-hydrogen) atoms. The molecule has 2 aliphatic heterocycles. The SMILES string of the molecule is CC1CCCN(c2ccc(C(C)NC(=O)CN(c3ccc(S(=O)(=O)N4CCOCC4)cc3)S(C)(=O)=O)cc2)C1. The summed E-state index contributed by atoms with van der Waals surface area (Å²) < 4.78 is 58.5. The Morgan fingerprint density at radius 3 is 2.26 bits per heavy atom. The zero-order valence-corrected chi connectivity index (χ0v) is 24.4. The Morgan fingerprint density at radius 1 is 1.03 bits per heavy atom. The molecule has 1 N–H and O–H groups in total. The lowest BCUT2D eigenvalue weighted by molar-refractivity contribution is -0.120. The molecule has 2 aliphatic rings. The van der Waals surface area contributed by atoms with Gasteiger partial charge in [0.1, 0.15) is 6.54 Å². The van der Waals surface area contributed by atoms with Crippen molar-refractivity contribution in [2.45, 2.75) is 37.6 Å². The van der Waals surface area contributed by atoms with E-state index in [0.717, 1.165) is 34.9 Å². The Kier molecular flexibility index (Phi) is 9.20. The largest absolute Gasteiger partial charge is 0.379 e. The van der Waals surface area contributed by atoms with Crippen LogP contribution in [0.3, 0.4) is 0 Å². The molecule has 2 saturated heterocycles. The topological polar surface area (TPSA) is 116 Å². The molecule has 0 radical (unpaired) electrons. The highest BCUT2D eigenvalue weighted by atomic mass is 32.2. The van der Waals surface area contributed by atoms with Gasteiger partial charge in [0, 0.05) is 31.9 Å². The summed E-state index contributed by atoms with van der Waals surface area (Å²) in [5.74, 6) is 0.201. The summed E-state index contributed by atoms with van der Waals surface area (Å²) in [6.07, 6.45) is 3.45. The van der Waals surface area contributed by atoms with Gasteiger partial charge in [-0.1, -0.05) is 19.1 Å². The maximum Gasteiger partial charge on any atom is 0.243 e. The Balaban J connectivity index is 1.41. The van der Waals surface area contributed by atoms with Gasteiger partial charge in [-0.3, -0.25) is 9.10 Å². The van der Waals surface area contributed by atoms with E-state index in [2.05, 4.69) is 29.3 Å². The second-order valence-electron chi connectivity index (χ2n) is 10.4. The average molecular weight is 579 g/mol. The number of nitrogens with zero attached hydrogens (tertiary/aromatic N) is 3. The monoisotopic (exact) mass is 578 g/mol. The lowest BCUT2D eigenvalue weighted by Gasteiger charge is -2.33. The minimum atomic E-state index is -3.81. The van der Waals surface area contributed by atoms with Crippen molar-refractivity contribution in [3.05, 3.63) is 54.1 Å². The number of carbonyl (C=O) groups is 1. The quantitative estimate of drug-likeness (QED) is 0.486. The number of nitrogens with one attached hydrogen (secondary N) is 1. The highest BCUT2D eigenvalue weighted by Crippen LogP contribution is 2.26. The maximum absolute atomic E-state index is 12.9. The predicted octanol–water partition coefficient (Wildman–Crippen LogP) is 2.59. The van der Waals surface area contributed by atoms with Crippen LogP contribution in [-0.2, 0) is 29.6 Å². The van der Waals surface area contributed by atoms with Gasteiger partial charge in [-0.25, -0.2) is 16.8 Å². The zero-order valence-electron chi connectivity index (χ0n) is 22.7. The lowest BCUT2D eigenvalue weighted by atomic mass is 9.99. The third-order valence-electron chi connectivity index (χ3n) is 7.21. The van der Waals surface area contributed by atoms with Crippen molar-refractivity contribution in [1.29, 1.82) is 0 Å². The van der Waals surface area contributed by atoms with Crippen molar-refractivity contribution in [3.8, 4) is 0 Å². The van der Waals surface area contributed by atoms with E-state index < -0.39 is 32.5 Å². The van der Waals surface area contributed by atoms with Gasteiger partial charge in [-0.15, -0.1) is 0 Å². The Labute approximate surface area is 232 Å². The van der Waals surface area contributed by atoms with Crippen LogP contribution in [0.4, 0.5) is 11.4 Å². The third kappa shape index (κ3) is 7.30. The summed E-state index contributed by atoms with van der Waals surface area (Å²) >= 11 is 0. The van der Waals surface area contributed by atoms with Crippen molar-refractivity contribution in [2.24, 2.45) is 5.92 Å². The van der Waals surface area contributed by atoms with Crippen LogP contribution in [0.5, 0.6) is 0 Å². The fraction of sp³-hybridized carbons (Fsp3) is 0.519. The minimum Gasteiger partial charge on any atom is -0.379 e. The van der Waals surface area contributed by atoms with Crippen LogP contribution in [0, 0.1) is 5.92 Å². The number of sulfonamides is 2. The van der Waals surface area contributed by atoms with E-state index in [1.165, 1.54) is 41.4 Å². The number of rotatable bonds is 9. The molecule has 0 bridgehead atoms. The van der Waals surface area contributed by atoms with Crippen molar-refractivity contribution in [1.82, 2.24) is 9.62 Å². The van der Waals surface area contributed by atoms with Gasteiger partial charge in [0.25, 0.3) is 0 Å². The van der Waals surface area contributed by atoms with E-state index in [9.17, 15) is 21.6 Å². The number of amides is 1. The summed E-state index contributed by atoms with van der Waals surface area (Å²) in [6, 6.07) is 13.3. The Hall–Kier alpha value is -2.67. The molecule has 0 aliphatic carbocycles. The lowest BCUT2D eigenvalue weighted by Crippen LogP contribution is -2.41. The predicted molar refractivity (Wildman–Crippen MR) is 152 cm³/mol. The molecule has 2 unspecified atom stereocenters. The number of anilines is 2. The van der Waals surface area contributed by atoms with E-state index in [4.69, 9.17) is 4.74 Å². The van der Waals surface area contributed by atoms with E-state index in [1.807, 2.05) is 19.1 Å². The van der Waals surface area contributed by atoms with Crippen LogP contribution in [0.25, 0.3) is 0 Å². The molecule has 10 nitrogen and oxygen atoms in total. The average Bonchev–Trinajstić information content (AvgIpc) is 2.92. The maximum atomic E-state index is 12.9. The summed E-state index contributed by atoms with van der Waals surface area (Å²) in [4.78, 5) is 15.3. The van der Waals surface area contributed by atoms with Gasteiger partial charge >= 0.3 is 0 Å². The second kappa shape index (κ2) is 12.2. The van der Waals surface area contributed by atoms with Crippen molar-refractivity contribution in [2.75, 3.05) is 61.4 Å². The van der Waals surface area contributed by atoms with Gasteiger partial charge in [0.15, 0.2) is 0 Å². The summed E-state index contributed by atoms with van der Waals surface area (Å²) in [5.41, 5.74) is 2.29. The number of benzene rings is 2. The van der Waals surface area contributed by atoms with Crippen LogP contribution in [0.15, 0.2) is 53.4 Å². The molecule has 2 atom stereocenters. The molecule has 2 aromatic rings. The molecule has 2 heterocycles.